The normalized spacial score (nSPS) is 20.7. The fourth-order valence-electron chi connectivity index (χ4n) is 2.23. The van der Waals surface area contributed by atoms with Crippen LogP contribution in [0, 0.1) is 0 Å². The zero-order valence-electron chi connectivity index (χ0n) is 10.7. The Bertz CT molecular complexity index is 421. The van der Waals surface area contributed by atoms with E-state index in [1.54, 1.807) is 0 Å². The molecular formula is C12H18N4O2. The van der Waals surface area contributed by atoms with E-state index in [-0.39, 0.29) is 5.56 Å². The van der Waals surface area contributed by atoms with E-state index in [2.05, 4.69) is 21.9 Å². The van der Waals surface area contributed by atoms with E-state index in [4.69, 9.17) is 5.11 Å². The molecule has 0 radical (unpaired) electrons. The highest BCUT2D eigenvalue weighted by Crippen LogP contribution is 2.17. The molecule has 1 unspecified atom stereocenters. The number of carboxylic acid groups (broad SMARTS) is 1. The van der Waals surface area contributed by atoms with Gasteiger partial charge in [-0.15, -0.1) is 0 Å². The second-order valence-corrected chi connectivity index (χ2v) is 4.75. The number of nitrogens with zero attached hydrogens (tertiary/aromatic N) is 4. The predicted molar refractivity (Wildman–Crippen MR) is 67.9 cm³/mol. The number of carbonyl (C=O) groups is 1. The maximum absolute atomic E-state index is 10.7. The van der Waals surface area contributed by atoms with E-state index in [0.29, 0.717) is 12.0 Å². The van der Waals surface area contributed by atoms with Gasteiger partial charge in [-0.3, -0.25) is 0 Å². The van der Waals surface area contributed by atoms with Crippen LogP contribution >= 0.6 is 0 Å². The van der Waals surface area contributed by atoms with Crippen molar-refractivity contribution in [2.75, 3.05) is 32.1 Å². The third-order valence-corrected chi connectivity index (χ3v) is 3.35. The van der Waals surface area contributed by atoms with Crippen molar-refractivity contribution in [3.05, 3.63) is 18.0 Å². The molecule has 0 aromatic carbocycles. The van der Waals surface area contributed by atoms with Gasteiger partial charge < -0.3 is 14.9 Å². The third kappa shape index (κ3) is 2.76. The van der Waals surface area contributed by atoms with Crippen molar-refractivity contribution in [2.24, 2.45) is 0 Å². The fraction of sp³-hybridized carbons (Fsp3) is 0.583. The first kappa shape index (κ1) is 12.8. The van der Waals surface area contributed by atoms with Gasteiger partial charge in [0.05, 0.1) is 5.56 Å². The number of piperidine rings is 1. The molecule has 98 valence electrons. The molecular weight excluding hydrogens is 232 g/mol. The van der Waals surface area contributed by atoms with Crippen LogP contribution in [-0.4, -0.2) is 59.2 Å². The zero-order chi connectivity index (χ0) is 13.1. The summed E-state index contributed by atoms with van der Waals surface area (Å²) in [7, 11) is 4.06. The third-order valence-electron chi connectivity index (χ3n) is 3.35. The Morgan fingerprint density at radius 1 is 1.50 bits per heavy atom. The van der Waals surface area contributed by atoms with Gasteiger partial charge in [0.1, 0.15) is 0 Å². The molecule has 0 bridgehead atoms. The van der Waals surface area contributed by atoms with Gasteiger partial charge in [-0.2, -0.15) is 0 Å². The summed E-state index contributed by atoms with van der Waals surface area (Å²) in [6.45, 7) is 2.11. The van der Waals surface area contributed by atoms with Crippen LogP contribution in [0.25, 0.3) is 0 Å². The molecule has 1 fully saturated rings. The molecule has 0 amide bonds. The summed E-state index contributed by atoms with van der Waals surface area (Å²) in [5.74, 6) is -0.415. The van der Waals surface area contributed by atoms with Crippen LogP contribution in [-0.2, 0) is 0 Å². The highest BCUT2D eigenvalue weighted by Gasteiger charge is 2.22. The molecule has 1 N–H and O–H groups in total. The van der Waals surface area contributed by atoms with E-state index in [0.717, 1.165) is 19.5 Å². The van der Waals surface area contributed by atoms with Gasteiger partial charge >= 0.3 is 5.97 Å². The summed E-state index contributed by atoms with van der Waals surface area (Å²) in [6, 6.07) is 0.388. The number of aromatic nitrogens is 2. The standard InChI is InChI=1S/C12H18N4O2/c1-15-5-3-4-10(8-15)16(2)12-13-6-9(7-14-12)11(17)18/h6-7,10H,3-5,8H2,1-2H3,(H,17,18). The average molecular weight is 250 g/mol. The van der Waals surface area contributed by atoms with Gasteiger partial charge in [0, 0.05) is 32.0 Å². The van der Waals surface area contributed by atoms with Gasteiger partial charge in [-0.1, -0.05) is 0 Å². The van der Waals surface area contributed by atoms with E-state index >= 15 is 0 Å². The number of anilines is 1. The summed E-state index contributed by atoms with van der Waals surface area (Å²) in [5, 5.41) is 8.80. The molecule has 1 atom stereocenters. The Morgan fingerprint density at radius 2 is 2.17 bits per heavy atom. The predicted octanol–water partition coefficient (Wildman–Crippen LogP) is 0.705. The van der Waals surface area contributed by atoms with Crippen molar-refractivity contribution < 1.29 is 9.90 Å². The number of hydrogen-bond acceptors (Lipinski definition) is 5. The second-order valence-electron chi connectivity index (χ2n) is 4.75. The quantitative estimate of drug-likeness (QED) is 0.852. The largest absolute Gasteiger partial charge is 0.478 e. The Balaban J connectivity index is 2.08. The molecule has 1 aromatic rings. The number of carboxylic acids is 1. The van der Waals surface area contributed by atoms with Crippen LogP contribution in [0.5, 0.6) is 0 Å². The van der Waals surface area contributed by atoms with E-state index in [1.807, 2.05) is 11.9 Å². The van der Waals surface area contributed by atoms with Gasteiger partial charge in [0.15, 0.2) is 0 Å². The molecule has 2 rings (SSSR count). The lowest BCUT2D eigenvalue weighted by Gasteiger charge is -2.35. The Morgan fingerprint density at radius 3 is 2.72 bits per heavy atom. The van der Waals surface area contributed by atoms with Crippen molar-refractivity contribution in [1.29, 1.82) is 0 Å². The molecule has 1 saturated heterocycles. The van der Waals surface area contributed by atoms with Crippen molar-refractivity contribution in [2.45, 2.75) is 18.9 Å². The Kier molecular flexibility index (Phi) is 3.76. The monoisotopic (exact) mass is 250 g/mol. The highest BCUT2D eigenvalue weighted by atomic mass is 16.4. The van der Waals surface area contributed by atoms with Crippen LogP contribution in [0.3, 0.4) is 0 Å². The molecule has 1 aliphatic rings. The van der Waals surface area contributed by atoms with Crippen molar-refractivity contribution in [3.63, 3.8) is 0 Å². The molecule has 6 nitrogen and oxygen atoms in total. The number of hydrogen-bond donors (Lipinski definition) is 1. The molecule has 2 heterocycles. The fourth-order valence-corrected chi connectivity index (χ4v) is 2.23. The minimum absolute atomic E-state index is 0.118. The summed E-state index contributed by atoms with van der Waals surface area (Å²) in [5.41, 5.74) is 0.118. The molecule has 0 spiro atoms. The molecule has 18 heavy (non-hydrogen) atoms. The summed E-state index contributed by atoms with van der Waals surface area (Å²) in [6.07, 6.45) is 4.99. The lowest BCUT2D eigenvalue weighted by atomic mass is 10.1. The van der Waals surface area contributed by atoms with Crippen LogP contribution < -0.4 is 4.90 Å². The number of likely N-dealkylation sites (N-methyl/N-ethyl adjacent to an activating group) is 2. The summed E-state index contributed by atoms with van der Waals surface area (Å²) >= 11 is 0. The van der Waals surface area contributed by atoms with Crippen LogP contribution in [0.1, 0.15) is 23.2 Å². The van der Waals surface area contributed by atoms with Gasteiger partial charge in [-0.25, -0.2) is 14.8 Å². The van der Waals surface area contributed by atoms with Gasteiger partial charge in [0.2, 0.25) is 5.95 Å². The van der Waals surface area contributed by atoms with Gasteiger partial charge in [-0.05, 0) is 26.4 Å². The first-order valence-corrected chi connectivity index (χ1v) is 6.04. The Hall–Kier alpha value is -1.69. The molecule has 0 aliphatic carbocycles. The first-order chi connectivity index (χ1) is 8.58. The topological polar surface area (TPSA) is 69.6 Å². The van der Waals surface area contributed by atoms with Crippen molar-refractivity contribution in [3.8, 4) is 0 Å². The first-order valence-electron chi connectivity index (χ1n) is 6.04. The minimum atomic E-state index is -0.999. The average Bonchev–Trinajstić information content (AvgIpc) is 2.38. The smallest absolute Gasteiger partial charge is 0.338 e. The molecule has 0 saturated carbocycles. The van der Waals surface area contributed by atoms with E-state index < -0.39 is 5.97 Å². The lowest BCUT2D eigenvalue weighted by molar-refractivity contribution is 0.0696. The SMILES string of the molecule is CN1CCCC(N(C)c2ncc(C(=O)O)cn2)C1. The molecule has 1 aromatic heterocycles. The number of aromatic carboxylic acids is 1. The lowest BCUT2D eigenvalue weighted by Crippen LogP contribution is -2.45. The van der Waals surface area contributed by atoms with Crippen molar-refractivity contribution in [1.82, 2.24) is 14.9 Å². The number of likely N-dealkylation sites (tertiary alicyclic amines) is 1. The van der Waals surface area contributed by atoms with E-state index in [1.165, 1.54) is 18.8 Å². The molecule has 1 aliphatic heterocycles. The van der Waals surface area contributed by atoms with Crippen LogP contribution in [0.2, 0.25) is 0 Å². The summed E-state index contributed by atoms with van der Waals surface area (Å²) in [4.78, 5) is 23.3. The number of rotatable bonds is 3. The second kappa shape index (κ2) is 5.30. The maximum Gasteiger partial charge on any atom is 0.338 e. The van der Waals surface area contributed by atoms with Crippen molar-refractivity contribution >= 4 is 11.9 Å². The molecule has 6 heteroatoms. The summed E-state index contributed by atoms with van der Waals surface area (Å²) < 4.78 is 0. The van der Waals surface area contributed by atoms with Crippen LogP contribution in [0.4, 0.5) is 5.95 Å². The zero-order valence-corrected chi connectivity index (χ0v) is 10.7. The maximum atomic E-state index is 10.7. The Labute approximate surface area is 106 Å². The van der Waals surface area contributed by atoms with Gasteiger partial charge in [0.25, 0.3) is 0 Å². The van der Waals surface area contributed by atoms with E-state index in [9.17, 15) is 4.79 Å². The minimum Gasteiger partial charge on any atom is -0.478 e. The van der Waals surface area contributed by atoms with Crippen LogP contribution in [0.15, 0.2) is 12.4 Å². The highest BCUT2D eigenvalue weighted by molar-refractivity contribution is 5.86.